The van der Waals surface area contributed by atoms with Crippen molar-refractivity contribution in [3.05, 3.63) is 0 Å². The Labute approximate surface area is 89.2 Å². The second kappa shape index (κ2) is 4.69. The van der Waals surface area contributed by atoms with Crippen molar-refractivity contribution < 1.29 is 48.7 Å². The molecule has 0 fully saturated rings. The van der Waals surface area contributed by atoms with Gasteiger partial charge in [0, 0.05) is 7.11 Å². The van der Waals surface area contributed by atoms with Crippen LogP contribution in [0.3, 0.4) is 0 Å². The molecule has 17 heavy (non-hydrogen) atoms. The molecule has 0 aromatic heterocycles. The zero-order valence-corrected chi connectivity index (χ0v) is 8.80. The number of halogens is 8. The highest BCUT2D eigenvalue weighted by Gasteiger charge is 2.63. The van der Waals surface area contributed by atoms with Crippen LogP contribution in [0.5, 0.6) is 0 Å². The Kier molecular flexibility index (Phi) is 4.58. The Morgan fingerprint density at radius 3 is 1.65 bits per heavy atom. The summed E-state index contributed by atoms with van der Waals surface area (Å²) < 4.78 is 112. The Morgan fingerprint density at radius 2 is 1.41 bits per heavy atom. The highest BCUT2D eigenvalue weighted by Crippen LogP contribution is 2.57. The van der Waals surface area contributed by atoms with Gasteiger partial charge in [-0.25, -0.2) is 4.52 Å². The molecule has 0 spiro atoms. The lowest BCUT2D eigenvalue weighted by Crippen LogP contribution is -2.39. The summed E-state index contributed by atoms with van der Waals surface area (Å²) in [5.74, 6) is 0. The van der Waals surface area contributed by atoms with Gasteiger partial charge in [-0.15, -0.1) is 0 Å². The van der Waals surface area contributed by atoms with Crippen molar-refractivity contribution in [2.24, 2.45) is 0 Å². The summed E-state index contributed by atoms with van der Waals surface area (Å²) in [6, 6.07) is 0. The fraction of sp³-hybridized carbons (Fsp3) is 1.00. The molecule has 104 valence electrons. The smallest absolute Gasteiger partial charge is 0.312 e. The molecule has 0 aromatic rings. The quantitative estimate of drug-likeness (QED) is 0.588. The second-order valence-corrected chi connectivity index (χ2v) is 4.76. The SMILES string of the molecule is COP(=O)(CC(F)(F)F)OC(F)(F)C(F)(F)F. The van der Waals surface area contributed by atoms with Crippen LogP contribution in [-0.4, -0.2) is 31.7 Å². The van der Waals surface area contributed by atoms with Crippen LogP contribution in [0.25, 0.3) is 0 Å². The van der Waals surface area contributed by atoms with Gasteiger partial charge in [-0.1, -0.05) is 0 Å². The van der Waals surface area contributed by atoms with E-state index in [9.17, 15) is 39.7 Å². The molecule has 0 aliphatic heterocycles. The molecule has 0 radical (unpaired) electrons. The summed E-state index contributed by atoms with van der Waals surface area (Å²) in [6.45, 7) is 0. The van der Waals surface area contributed by atoms with Gasteiger partial charge in [0.05, 0.1) is 0 Å². The zero-order valence-electron chi connectivity index (χ0n) is 7.90. The van der Waals surface area contributed by atoms with Gasteiger partial charge in [-0.2, -0.15) is 35.1 Å². The lowest BCUT2D eigenvalue weighted by Gasteiger charge is -2.24. The third-order valence-electron chi connectivity index (χ3n) is 1.23. The zero-order chi connectivity index (χ0) is 14.1. The Morgan fingerprint density at radius 1 is 1.00 bits per heavy atom. The molecule has 1 unspecified atom stereocenters. The molecule has 12 heteroatoms. The van der Waals surface area contributed by atoms with E-state index in [-0.39, 0.29) is 7.11 Å². The Balaban J connectivity index is 5.00. The Bertz CT molecular complexity index is 307. The summed E-state index contributed by atoms with van der Waals surface area (Å²) >= 11 is 0. The van der Waals surface area contributed by atoms with Crippen LogP contribution in [-0.2, 0) is 13.6 Å². The van der Waals surface area contributed by atoms with E-state index in [1.807, 2.05) is 0 Å². The van der Waals surface area contributed by atoms with Crippen molar-refractivity contribution in [1.29, 1.82) is 0 Å². The molecule has 1 atom stereocenters. The van der Waals surface area contributed by atoms with Crippen LogP contribution >= 0.6 is 7.60 Å². The molecule has 0 N–H and O–H groups in total. The molecule has 0 rings (SSSR count). The number of rotatable bonds is 4. The molecule has 0 aromatic carbocycles. The predicted molar refractivity (Wildman–Crippen MR) is 37.6 cm³/mol. The van der Waals surface area contributed by atoms with E-state index in [2.05, 4.69) is 9.05 Å². The van der Waals surface area contributed by atoms with Gasteiger partial charge in [0.1, 0.15) is 6.16 Å². The van der Waals surface area contributed by atoms with E-state index in [0.717, 1.165) is 0 Å². The van der Waals surface area contributed by atoms with E-state index in [4.69, 9.17) is 0 Å². The van der Waals surface area contributed by atoms with Crippen molar-refractivity contribution in [2.45, 2.75) is 18.5 Å². The Hall–Kier alpha value is -0.410. The van der Waals surface area contributed by atoms with E-state index in [0.29, 0.717) is 0 Å². The maximum atomic E-state index is 12.2. The fourth-order valence-electron chi connectivity index (χ4n) is 0.580. The molecule has 0 saturated carbocycles. The number of alkyl halides is 8. The van der Waals surface area contributed by atoms with Crippen LogP contribution in [0.4, 0.5) is 35.1 Å². The van der Waals surface area contributed by atoms with Gasteiger partial charge in [-0.05, 0) is 0 Å². The molecule has 0 heterocycles. The summed E-state index contributed by atoms with van der Waals surface area (Å²) in [4.78, 5) is 0. The van der Waals surface area contributed by atoms with E-state index >= 15 is 0 Å². The molecular formula is C5H5F8O3P. The minimum absolute atomic E-state index is 0.263. The molecule has 0 saturated heterocycles. The largest absolute Gasteiger partial charge is 0.483 e. The van der Waals surface area contributed by atoms with Crippen LogP contribution in [0.2, 0.25) is 0 Å². The van der Waals surface area contributed by atoms with Gasteiger partial charge in [-0.3, -0.25) is 4.57 Å². The summed E-state index contributed by atoms with van der Waals surface area (Å²) in [6.07, 6.45) is -20.1. The lowest BCUT2D eigenvalue weighted by atomic mass is 10.6. The highest BCUT2D eigenvalue weighted by atomic mass is 31.2. The summed E-state index contributed by atoms with van der Waals surface area (Å²) in [5.41, 5.74) is 0. The average Bonchev–Trinajstić information content (AvgIpc) is 1.97. The summed E-state index contributed by atoms with van der Waals surface area (Å²) in [7, 11) is -5.37. The molecule has 0 amide bonds. The van der Waals surface area contributed by atoms with Gasteiger partial charge in [0.25, 0.3) is 0 Å². The minimum atomic E-state index is -6.30. The average molecular weight is 296 g/mol. The van der Waals surface area contributed by atoms with Crippen LogP contribution < -0.4 is 0 Å². The standard InChI is InChI=1S/C5H5F8O3P/c1-15-17(14,2-3(6,7)8)16-5(12,13)4(9,10)11/h2H2,1H3. The fourth-order valence-corrected chi connectivity index (χ4v) is 1.74. The second-order valence-electron chi connectivity index (χ2n) is 2.67. The van der Waals surface area contributed by atoms with Gasteiger partial charge >= 0.3 is 26.1 Å². The maximum Gasteiger partial charge on any atom is 0.483 e. The first-order chi connectivity index (χ1) is 7.22. The molecular weight excluding hydrogens is 291 g/mol. The molecule has 0 aliphatic rings. The predicted octanol–water partition coefficient (Wildman–Crippen LogP) is 3.56. The van der Waals surface area contributed by atoms with Crippen molar-refractivity contribution in [3.63, 3.8) is 0 Å². The lowest BCUT2D eigenvalue weighted by molar-refractivity contribution is -0.363. The third-order valence-corrected chi connectivity index (χ3v) is 3.04. The topological polar surface area (TPSA) is 35.5 Å². The van der Waals surface area contributed by atoms with Crippen molar-refractivity contribution in [3.8, 4) is 0 Å². The first kappa shape index (κ1) is 16.6. The van der Waals surface area contributed by atoms with Crippen LogP contribution in [0.15, 0.2) is 0 Å². The van der Waals surface area contributed by atoms with Crippen LogP contribution in [0, 0.1) is 0 Å². The number of hydrogen-bond donors (Lipinski definition) is 0. The monoisotopic (exact) mass is 296 g/mol. The number of hydrogen-bond acceptors (Lipinski definition) is 3. The van der Waals surface area contributed by atoms with Crippen molar-refractivity contribution in [1.82, 2.24) is 0 Å². The van der Waals surface area contributed by atoms with E-state index in [1.54, 1.807) is 0 Å². The van der Waals surface area contributed by atoms with Gasteiger partial charge in [0.2, 0.25) is 0 Å². The summed E-state index contributed by atoms with van der Waals surface area (Å²) in [5, 5.41) is 0. The molecule has 3 nitrogen and oxygen atoms in total. The van der Waals surface area contributed by atoms with E-state index < -0.39 is 32.2 Å². The maximum absolute atomic E-state index is 12.2. The first-order valence-electron chi connectivity index (χ1n) is 3.59. The first-order valence-corrected chi connectivity index (χ1v) is 5.32. The van der Waals surface area contributed by atoms with Crippen molar-refractivity contribution >= 4 is 7.60 Å². The molecule has 0 bridgehead atoms. The van der Waals surface area contributed by atoms with Gasteiger partial charge < -0.3 is 4.52 Å². The van der Waals surface area contributed by atoms with Crippen LogP contribution in [0.1, 0.15) is 0 Å². The highest BCUT2D eigenvalue weighted by molar-refractivity contribution is 7.53. The minimum Gasteiger partial charge on any atom is -0.312 e. The van der Waals surface area contributed by atoms with Gasteiger partial charge in [0.15, 0.2) is 0 Å². The molecule has 0 aliphatic carbocycles. The van der Waals surface area contributed by atoms with E-state index in [1.165, 1.54) is 0 Å². The third kappa shape index (κ3) is 5.17. The van der Waals surface area contributed by atoms with Crippen molar-refractivity contribution in [2.75, 3.05) is 13.3 Å². The normalized spacial score (nSPS) is 17.9.